The highest BCUT2D eigenvalue weighted by molar-refractivity contribution is 8.00. The fourth-order valence-electron chi connectivity index (χ4n) is 1.76. The van der Waals surface area contributed by atoms with Crippen molar-refractivity contribution in [2.75, 3.05) is 0 Å². The number of hydrogen-bond acceptors (Lipinski definition) is 3. The van der Waals surface area contributed by atoms with Gasteiger partial charge in [-0.1, -0.05) is 48.5 Å². The minimum absolute atomic E-state index is 0.0661. The van der Waals surface area contributed by atoms with E-state index in [9.17, 15) is 13.2 Å². The molecule has 0 bridgehead atoms. The van der Waals surface area contributed by atoms with Crippen LogP contribution in [0.5, 0.6) is 0 Å². The second-order valence-electron chi connectivity index (χ2n) is 4.03. The lowest BCUT2D eigenvalue weighted by Crippen LogP contribution is -2.06. The minimum atomic E-state index is -3.87. The number of carboxylic acid groups (broad SMARTS) is 1. The van der Waals surface area contributed by atoms with Crippen molar-refractivity contribution in [3.8, 4) is 0 Å². The molecule has 0 heterocycles. The Bertz CT molecular complexity index is 732. The molecule has 0 aliphatic heterocycles. The molecule has 0 saturated heterocycles. The molecule has 4 nitrogen and oxygen atoms in total. The van der Waals surface area contributed by atoms with Gasteiger partial charge in [0.15, 0.2) is 0 Å². The second-order valence-corrected chi connectivity index (χ2v) is 5.95. The molecule has 0 aliphatic carbocycles. The zero-order chi connectivity index (χ0) is 14.6. The van der Waals surface area contributed by atoms with E-state index in [0.29, 0.717) is 5.56 Å². The average Bonchev–Trinajstić information content (AvgIpc) is 2.46. The molecule has 0 radical (unpaired) electrons. The third-order valence-corrected chi connectivity index (χ3v) is 4.48. The zero-order valence-corrected chi connectivity index (χ0v) is 11.2. The average molecular weight is 288 g/mol. The van der Waals surface area contributed by atoms with Crippen LogP contribution in [-0.2, 0) is 14.6 Å². The lowest BCUT2D eigenvalue weighted by Gasteiger charge is -2.08. The summed E-state index contributed by atoms with van der Waals surface area (Å²) < 4.78 is 25.1. The SMILES string of the molecule is O=C(O)C=C(c1ccccc1)S(=O)(=O)c1ccccc1. The number of carbonyl (C=O) groups is 1. The van der Waals surface area contributed by atoms with E-state index < -0.39 is 15.8 Å². The lowest BCUT2D eigenvalue weighted by atomic mass is 10.2. The van der Waals surface area contributed by atoms with Gasteiger partial charge in [-0.25, -0.2) is 13.2 Å². The Morgan fingerprint density at radius 1 is 0.900 bits per heavy atom. The zero-order valence-electron chi connectivity index (χ0n) is 10.4. The molecule has 20 heavy (non-hydrogen) atoms. The van der Waals surface area contributed by atoms with Crippen LogP contribution in [-0.4, -0.2) is 19.5 Å². The van der Waals surface area contributed by atoms with E-state index in [2.05, 4.69) is 0 Å². The van der Waals surface area contributed by atoms with E-state index in [1.165, 1.54) is 12.1 Å². The molecule has 0 atom stereocenters. The van der Waals surface area contributed by atoms with Gasteiger partial charge in [0.1, 0.15) is 0 Å². The highest BCUT2D eigenvalue weighted by Gasteiger charge is 2.22. The van der Waals surface area contributed by atoms with Crippen molar-refractivity contribution >= 4 is 20.7 Å². The summed E-state index contributed by atoms with van der Waals surface area (Å²) in [6.45, 7) is 0. The number of benzene rings is 2. The summed E-state index contributed by atoms with van der Waals surface area (Å²) in [5, 5.41) is 8.91. The number of sulfone groups is 1. The summed E-state index contributed by atoms with van der Waals surface area (Å²) in [6.07, 6.45) is 0.720. The molecule has 0 amide bonds. The third kappa shape index (κ3) is 2.95. The maximum absolute atomic E-state index is 12.5. The van der Waals surface area contributed by atoms with Crippen molar-refractivity contribution in [2.24, 2.45) is 0 Å². The molecule has 0 fully saturated rings. The van der Waals surface area contributed by atoms with Crippen molar-refractivity contribution in [1.82, 2.24) is 0 Å². The van der Waals surface area contributed by atoms with Gasteiger partial charge >= 0.3 is 5.97 Å². The van der Waals surface area contributed by atoms with E-state index >= 15 is 0 Å². The van der Waals surface area contributed by atoms with Gasteiger partial charge in [-0.3, -0.25) is 0 Å². The number of carboxylic acids is 1. The molecule has 1 N–H and O–H groups in total. The first-order valence-electron chi connectivity index (χ1n) is 5.82. The van der Waals surface area contributed by atoms with Crippen molar-refractivity contribution in [3.05, 3.63) is 72.3 Å². The van der Waals surface area contributed by atoms with Crippen LogP contribution in [0.25, 0.3) is 4.91 Å². The fraction of sp³-hybridized carbons (Fsp3) is 0. The Balaban J connectivity index is 2.63. The van der Waals surface area contributed by atoms with Gasteiger partial charge in [-0.15, -0.1) is 0 Å². The fourth-order valence-corrected chi connectivity index (χ4v) is 3.23. The van der Waals surface area contributed by atoms with Crippen LogP contribution in [0.15, 0.2) is 71.6 Å². The standard InChI is InChI=1S/C15H12O4S/c16-15(17)11-14(12-7-3-1-4-8-12)20(18,19)13-9-5-2-6-10-13/h1-11H,(H,16,17). The highest BCUT2D eigenvalue weighted by atomic mass is 32.2. The molecule has 2 rings (SSSR count). The topological polar surface area (TPSA) is 71.4 Å². The van der Waals surface area contributed by atoms with E-state index in [0.717, 1.165) is 6.08 Å². The van der Waals surface area contributed by atoms with Gasteiger partial charge in [0.2, 0.25) is 9.84 Å². The smallest absolute Gasteiger partial charge is 0.329 e. The van der Waals surface area contributed by atoms with Crippen molar-refractivity contribution in [2.45, 2.75) is 4.90 Å². The van der Waals surface area contributed by atoms with Gasteiger partial charge in [0, 0.05) is 6.08 Å². The molecule has 0 saturated carbocycles. The summed E-state index contributed by atoms with van der Waals surface area (Å²) in [5.41, 5.74) is 0.346. The minimum Gasteiger partial charge on any atom is -0.478 e. The quantitative estimate of drug-likeness (QED) is 0.878. The summed E-state index contributed by atoms with van der Waals surface area (Å²) in [7, 11) is -3.87. The van der Waals surface area contributed by atoms with Crippen LogP contribution in [0.4, 0.5) is 0 Å². The summed E-state index contributed by atoms with van der Waals surface area (Å²) >= 11 is 0. The maximum Gasteiger partial charge on any atom is 0.329 e. The first kappa shape index (κ1) is 14.0. The van der Waals surface area contributed by atoms with E-state index in [1.807, 2.05) is 0 Å². The molecular weight excluding hydrogens is 276 g/mol. The van der Waals surface area contributed by atoms with Gasteiger partial charge in [-0.2, -0.15) is 0 Å². The van der Waals surface area contributed by atoms with E-state index in [1.54, 1.807) is 48.5 Å². The van der Waals surface area contributed by atoms with Gasteiger partial charge < -0.3 is 5.11 Å². The largest absolute Gasteiger partial charge is 0.478 e. The van der Waals surface area contributed by atoms with Crippen LogP contribution in [0.1, 0.15) is 5.56 Å². The van der Waals surface area contributed by atoms with Crippen molar-refractivity contribution in [1.29, 1.82) is 0 Å². The van der Waals surface area contributed by atoms with E-state index in [4.69, 9.17) is 5.11 Å². The Hall–Kier alpha value is -2.40. The van der Waals surface area contributed by atoms with Crippen LogP contribution >= 0.6 is 0 Å². The van der Waals surface area contributed by atoms with Crippen LogP contribution in [0.2, 0.25) is 0 Å². The Morgan fingerprint density at radius 3 is 1.90 bits per heavy atom. The predicted octanol–water partition coefficient (Wildman–Crippen LogP) is 2.59. The Kier molecular flexibility index (Phi) is 4.00. The third-order valence-electron chi connectivity index (χ3n) is 2.66. The summed E-state index contributed by atoms with van der Waals surface area (Å²) in [6, 6.07) is 15.9. The summed E-state index contributed by atoms with van der Waals surface area (Å²) in [4.78, 5) is 10.8. The predicted molar refractivity (Wildman–Crippen MR) is 75.7 cm³/mol. The number of hydrogen-bond donors (Lipinski definition) is 1. The Morgan fingerprint density at radius 2 is 1.40 bits per heavy atom. The number of aliphatic carboxylic acids is 1. The Labute approximate surface area is 116 Å². The number of rotatable bonds is 4. The molecular formula is C15H12O4S. The first-order chi connectivity index (χ1) is 9.51. The van der Waals surface area contributed by atoms with E-state index in [-0.39, 0.29) is 9.80 Å². The van der Waals surface area contributed by atoms with Crippen molar-refractivity contribution < 1.29 is 18.3 Å². The highest BCUT2D eigenvalue weighted by Crippen LogP contribution is 2.27. The molecule has 0 spiro atoms. The maximum atomic E-state index is 12.5. The van der Waals surface area contributed by atoms with Crippen LogP contribution in [0.3, 0.4) is 0 Å². The molecule has 2 aromatic rings. The molecule has 2 aromatic carbocycles. The summed E-state index contributed by atoms with van der Waals surface area (Å²) in [5.74, 6) is -1.30. The molecule has 102 valence electrons. The molecule has 0 aromatic heterocycles. The van der Waals surface area contributed by atoms with Gasteiger partial charge in [-0.05, 0) is 17.7 Å². The second kappa shape index (κ2) is 5.71. The monoisotopic (exact) mass is 288 g/mol. The van der Waals surface area contributed by atoms with Gasteiger partial charge in [0.25, 0.3) is 0 Å². The molecule has 0 unspecified atom stereocenters. The van der Waals surface area contributed by atoms with Gasteiger partial charge in [0.05, 0.1) is 9.80 Å². The van der Waals surface area contributed by atoms with Crippen LogP contribution < -0.4 is 0 Å². The normalized spacial score (nSPS) is 12.1. The molecule has 0 aliphatic rings. The first-order valence-corrected chi connectivity index (χ1v) is 7.30. The van der Waals surface area contributed by atoms with Crippen LogP contribution in [0, 0.1) is 0 Å². The lowest BCUT2D eigenvalue weighted by molar-refractivity contribution is -0.131. The van der Waals surface area contributed by atoms with Crippen molar-refractivity contribution in [3.63, 3.8) is 0 Å². The molecule has 5 heteroatoms.